The number of nitrogens with one attached hydrogen (secondary N) is 1. The first-order chi connectivity index (χ1) is 13.0. The molecule has 1 saturated heterocycles. The van der Waals surface area contributed by atoms with Crippen LogP contribution < -0.4 is 10.1 Å². The topological polar surface area (TPSA) is 84.9 Å². The molecule has 1 N–H and O–H groups in total. The van der Waals surface area contributed by atoms with Gasteiger partial charge in [-0.2, -0.15) is 0 Å². The van der Waals surface area contributed by atoms with E-state index in [4.69, 9.17) is 9.47 Å². The molecule has 1 aromatic carbocycles. The number of hydrogen-bond acceptors (Lipinski definition) is 5. The van der Waals surface area contributed by atoms with Gasteiger partial charge in [0.15, 0.2) is 0 Å². The summed E-state index contributed by atoms with van der Waals surface area (Å²) in [6.45, 7) is 4.01. The van der Waals surface area contributed by atoms with Crippen LogP contribution in [0.2, 0.25) is 0 Å². The number of rotatable bonds is 6. The molecule has 3 rings (SSSR count). The molecule has 146 valence electrons. The van der Waals surface area contributed by atoms with Crippen molar-refractivity contribution in [3.63, 3.8) is 0 Å². The van der Waals surface area contributed by atoms with E-state index in [9.17, 15) is 14.4 Å². The van der Waals surface area contributed by atoms with E-state index < -0.39 is 17.5 Å². The quantitative estimate of drug-likeness (QED) is 0.611. The number of carbonyl (C=O) groups is 3. The molecule has 7 heteroatoms. The first-order valence-electron chi connectivity index (χ1n) is 9.48. The van der Waals surface area contributed by atoms with Crippen LogP contribution in [0.1, 0.15) is 45.1 Å². The summed E-state index contributed by atoms with van der Waals surface area (Å²) < 4.78 is 10.8. The lowest BCUT2D eigenvalue weighted by molar-refractivity contribution is -0.149. The zero-order chi connectivity index (χ0) is 19.4. The van der Waals surface area contributed by atoms with Crippen LogP contribution in [0.5, 0.6) is 5.75 Å². The van der Waals surface area contributed by atoms with Crippen molar-refractivity contribution in [1.29, 1.82) is 0 Å². The number of benzene rings is 1. The van der Waals surface area contributed by atoms with Crippen molar-refractivity contribution in [2.45, 2.75) is 51.7 Å². The van der Waals surface area contributed by atoms with Crippen molar-refractivity contribution >= 4 is 17.9 Å². The third-order valence-corrected chi connectivity index (χ3v) is 5.45. The molecule has 27 heavy (non-hydrogen) atoms. The molecular formula is C20H26N2O5. The van der Waals surface area contributed by atoms with Gasteiger partial charge in [-0.25, -0.2) is 4.79 Å². The van der Waals surface area contributed by atoms with Gasteiger partial charge in [-0.05, 0) is 31.7 Å². The average molecular weight is 374 g/mol. The molecule has 1 aromatic rings. The third kappa shape index (κ3) is 3.77. The summed E-state index contributed by atoms with van der Waals surface area (Å²) >= 11 is 0. The van der Waals surface area contributed by atoms with Gasteiger partial charge >= 0.3 is 12.0 Å². The minimum atomic E-state index is -0.864. The molecule has 2 fully saturated rings. The highest BCUT2D eigenvalue weighted by molar-refractivity contribution is 6.08. The van der Waals surface area contributed by atoms with Crippen LogP contribution in [0.4, 0.5) is 4.79 Å². The molecule has 0 bridgehead atoms. The summed E-state index contributed by atoms with van der Waals surface area (Å²) in [6, 6.07) is 6.77. The summed E-state index contributed by atoms with van der Waals surface area (Å²) in [4.78, 5) is 38.4. The largest absolute Gasteiger partial charge is 0.493 e. The van der Waals surface area contributed by atoms with Gasteiger partial charge in [0.2, 0.25) is 0 Å². The van der Waals surface area contributed by atoms with Crippen molar-refractivity contribution < 1.29 is 23.9 Å². The molecular weight excluding hydrogens is 348 g/mol. The number of hydrogen-bond donors (Lipinski definition) is 1. The Morgan fingerprint density at radius 3 is 2.81 bits per heavy atom. The first-order valence-corrected chi connectivity index (χ1v) is 9.48. The Balaban J connectivity index is 1.61. The maximum absolute atomic E-state index is 12.9. The molecule has 2 aliphatic rings. The van der Waals surface area contributed by atoms with Crippen molar-refractivity contribution in [2.75, 3.05) is 13.2 Å². The molecule has 1 aliphatic heterocycles. The molecule has 1 saturated carbocycles. The van der Waals surface area contributed by atoms with Crippen LogP contribution in [0.15, 0.2) is 24.3 Å². The number of para-hydroxylation sites is 1. The number of amides is 3. The van der Waals surface area contributed by atoms with Crippen LogP contribution in [0.3, 0.4) is 0 Å². The molecule has 0 unspecified atom stereocenters. The van der Waals surface area contributed by atoms with E-state index in [2.05, 4.69) is 5.32 Å². The number of nitrogens with zero attached hydrogens (tertiary/aromatic N) is 1. The van der Waals surface area contributed by atoms with Gasteiger partial charge in [0.25, 0.3) is 5.91 Å². The van der Waals surface area contributed by atoms with Crippen molar-refractivity contribution in [1.82, 2.24) is 10.2 Å². The number of imide groups is 1. The van der Waals surface area contributed by atoms with E-state index in [-0.39, 0.29) is 25.0 Å². The van der Waals surface area contributed by atoms with Crippen LogP contribution in [-0.2, 0) is 20.9 Å². The maximum Gasteiger partial charge on any atom is 0.326 e. The number of ether oxygens (including phenoxy) is 2. The Kier molecular flexibility index (Phi) is 5.68. The van der Waals surface area contributed by atoms with Crippen LogP contribution in [-0.4, -0.2) is 41.5 Å². The van der Waals surface area contributed by atoms with E-state index in [0.29, 0.717) is 18.8 Å². The molecule has 1 aliphatic carbocycles. The van der Waals surface area contributed by atoms with Gasteiger partial charge in [-0.3, -0.25) is 14.5 Å². The average Bonchev–Trinajstić information content (AvgIpc) is 2.89. The Hall–Kier alpha value is -2.57. The van der Waals surface area contributed by atoms with Crippen LogP contribution >= 0.6 is 0 Å². The summed E-state index contributed by atoms with van der Waals surface area (Å²) in [5.41, 5.74) is -0.126. The van der Waals surface area contributed by atoms with Gasteiger partial charge in [-0.15, -0.1) is 0 Å². The van der Waals surface area contributed by atoms with Crippen molar-refractivity contribution in [3.8, 4) is 5.75 Å². The Bertz CT molecular complexity index is 735. The Morgan fingerprint density at radius 1 is 1.30 bits per heavy atom. The van der Waals surface area contributed by atoms with E-state index in [1.807, 2.05) is 32.0 Å². The second kappa shape index (κ2) is 7.98. The fourth-order valence-corrected chi connectivity index (χ4v) is 3.89. The van der Waals surface area contributed by atoms with Crippen LogP contribution in [0, 0.1) is 5.92 Å². The molecule has 0 radical (unpaired) electrons. The predicted molar refractivity (Wildman–Crippen MR) is 98.0 cm³/mol. The zero-order valence-electron chi connectivity index (χ0n) is 15.8. The summed E-state index contributed by atoms with van der Waals surface area (Å²) in [5, 5.41) is 2.83. The lowest BCUT2D eigenvalue weighted by Gasteiger charge is -2.36. The minimum absolute atomic E-state index is 0.0280. The second-order valence-corrected chi connectivity index (χ2v) is 7.14. The molecule has 7 nitrogen and oxygen atoms in total. The van der Waals surface area contributed by atoms with Gasteiger partial charge in [0.1, 0.15) is 24.4 Å². The molecule has 1 spiro atoms. The number of esters is 1. The van der Waals surface area contributed by atoms with Crippen molar-refractivity contribution in [3.05, 3.63) is 29.8 Å². The molecule has 2 atom stereocenters. The van der Waals surface area contributed by atoms with E-state index in [0.717, 1.165) is 29.7 Å². The van der Waals surface area contributed by atoms with E-state index >= 15 is 0 Å². The lowest BCUT2D eigenvalue weighted by atomic mass is 9.73. The smallest absolute Gasteiger partial charge is 0.326 e. The zero-order valence-corrected chi connectivity index (χ0v) is 15.8. The van der Waals surface area contributed by atoms with Gasteiger partial charge in [0.05, 0.1) is 6.61 Å². The normalized spacial score (nSPS) is 24.8. The number of carbonyl (C=O) groups excluding carboxylic acids is 3. The minimum Gasteiger partial charge on any atom is -0.493 e. The first kappa shape index (κ1) is 19.2. The Morgan fingerprint density at radius 2 is 2.07 bits per heavy atom. The van der Waals surface area contributed by atoms with Gasteiger partial charge in [-0.1, -0.05) is 38.0 Å². The lowest BCUT2D eigenvalue weighted by Crippen LogP contribution is -2.54. The standard InChI is InChI=1S/C20H26N2O5/c1-3-26-16-10-5-4-9-15(16)13-27-17(23)12-22-18(24)20(21-19(22)25)11-7-6-8-14(20)2/h4-5,9-10,14H,3,6-8,11-13H2,1-2H3,(H,21,25)/t14-,20+/m1/s1. The molecule has 1 heterocycles. The van der Waals surface area contributed by atoms with E-state index in [1.165, 1.54) is 0 Å². The molecule has 0 aromatic heterocycles. The van der Waals surface area contributed by atoms with Gasteiger partial charge < -0.3 is 14.8 Å². The SMILES string of the molecule is CCOc1ccccc1COC(=O)CN1C(=O)N[C@]2(CCCC[C@H]2C)C1=O. The highest BCUT2D eigenvalue weighted by Gasteiger charge is 2.55. The summed E-state index contributed by atoms with van der Waals surface area (Å²) in [7, 11) is 0. The fraction of sp³-hybridized carbons (Fsp3) is 0.550. The fourth-order valence-electron chi connectivity index (χ4n) is 3.89. The Labute approximate surface area is 159 Å². The van der Waals surface area contributed by atoms with E-state index in [1.54, 1.807) is 6.07 Å². The maximum atomic E-state index is 12.9. The second-order valence-electron chi connectivity index (χ2n) is 7.14. The molecule has 3 amide bonds. The highest BCUT2D eigenvalue weighted by atomic mass is 16.5. The van der Waals surface area contributed by atoms with Crippen molar-refractivity contribution in [2.24, 2.45) is 5.92 Å². The highest BCUT2D eigenvalue weighted by Crippen LogP contribution is 2.38. The predicted octanol–water partition coefficient (Wildman–Crippen LogP) is 2.63. The van der Waals surface area contributed by atoms with Crippen LogP contribution in [0.25, 0.3) is 0 Å². The monoisotopic (exact) mass is 374 g/mol. The third-order valence-electron chi connectivity index (χ3n) is 5.45. The number of urea groups is 1. The summed E-state index contributed by atoms with van der Waals surface area (Å²) in [5.74, 6) is -0.226. The summed E-state index contributed by atoms with van der Waals surface area (Å²) in [6.07, 6.45) is 3.45. The van der Waals surface area contributed by atoms with Gasteiger partial charge in [0, 0.05) is 5.56 Å².